The molecule has 138 valence electrons. The smallest absolute Gasteiger partial charge is 0.279 e. The number of nitrogens with zero attached hydrogens (tertiary/aromatic N) is 2. The molecular weight excluding hydrogens is 342 g/mol. The molecule has 25 heavy (non-hydrogen) atoms. The zero-order chi connectivity index (χ0) is 17.7. The van der Waals surface area contributed by atoms with E-state index < -0.39 is 10.2 Å². The van der Waals surface area contributed by atoms with Crippen LogP contribution in [0.1, 0.15) is 35.2 Å². The molecule has 7 nitrogen and oxygen atoms in total. The predicted octanol–water partition coefficient (Wildman–Crippen LogP) is 0.979. The normalized spacial score (nSPS) is 19.8. The summed E-state index contributed by atoms with van der Waals surface area (Å²) < 4.78 is 33.8. The number of hydrogen-bond acceptors (Lipinski definition) is 4. The fourth-order valence-electron chi connectivity index (χ4n) is 3.15. The van der Waals surface area contributed by atoms with E-state index in [9.17, 15) is 13.2 Å². The number of carbonyl (C=O) groups excluding carboxylic acids is 1. The molecule has 1 amide bonds. The van der Waals surface area contributed by atoms with E-state index in [1.165, 1.54) is 10.7 Å². The minimum Gasteiger partial charge on any atom is -0.379 e. The first-order valence-corrected chi connectivity index (χ1v) is 10.2. The van der Waals surface area contributed by atoms with Gasteiger partial charge in [-0.3, -0.25) is 4.79 Å². The Balaban J connectivity index is 1.62. The predicted molar refractivity (Wildman–Crippen MR) is 94.3 cm³/mol. The molecule has 2 aliphatic heterocycles. The molecule has 0 saturated carbocycles. The highest BCUT2D eigenvalue weighted by molar-refractivity contribution is 7.87. The minimum absolute atomic E-state index is 0.0255. The van der Waals surface area contributed by atoms with Gasteiger partial charge in [0.1, 0.15) is 0 Å². The van der Waals surface area contributed by atoms with Crippen LogP contribution in [-0.4, -0.2) is 62.9 Å². The molecule has 0 atom stereocenters. The third-order valence-electron chi connectivity index (χ3n) is 4.59. The van der Waals surface area contributed by atoms with Crippen LogP contribution < -0.4 is 4.72 Å². The van der Waals surface area contributed by atoms with Crippen molar-refractivity contribution in [3.8, 4) is 0 Å². The van der Waals surface area contributed by atoms with Gasteiger partial charge in [0.25, 0.3) is 16.1 Å². The van der Waals surface area contributed by atoms with Gasteiger partial charge in [-0.15, -0.1) is 0 Å². The average molecular weight is 367 g/mol. The Morgan fingerprint density at radius 1 is 1.08 bits per heavy atom. The van der Waals surface area contributed by atoms with Crippen molar-refractivity contribution < 1.29 is 17.9 Å². The molecule has 2 heterocycles. The van der Waals surface area contributed by atoms with E-state index in [2.05, 4.69) is 4.72 Å². The van der Waals surface area contributed by atoms with E-state index in [1.807, 2.05) is 11.0 Å². The summed E-state index contributed by atoms with van der Waals surface area (Å²) in [5.41, 5.74) is 1.39. The van der Waals surface area contributed by atoms with Crippen LogP contribution in [0.5, 0.6) is 0 Å². The van der Waals surface area contributed by atoms with E-state index in [-0.39, 0.29) is 12.5 Å². The highest BCUT2D eigenvalue weighted by Gasteiger charge is 2.24. The molecule has 1 aromatic rings. The molecule has 0 unspecified atom stereocenters. The molecule has 2 fully saturated rings. The summed E-state index contributed by atoms with van der Waals surface area (Å²) in [7, 11) is -3.53. The van der Waals surface area contributed by atoms with E-state index >= 15 is 0 Å². The van der Waals surface area contributed by atoms with Crippen LogP contribution in [0.2, 0.25) is 0 Å². The lowest BCUT2D eigenvalue weighted by Crippen LogP contribution is -2.46. The summed E-state index contributed by atoms with van der Waals surface area (Å²) in [5, 5.41) is 0. The first-order valence-electron chi connectivity index (χ1n) is 8.77. The molecular formula is C17H25N3O4S. The Morgan fingerprint density at radius 2 is 1.80 bits per heavy atom. The largest absolute Gasteiger partial charge is 0.379 e. The van der Waals surface area contributed by atoms with Crippen LogP contribution in [-0.2, 0) is 21.5 Å². The van der Waals surface area contributed by atoms with Gasteiger partial charge in [-0.05, 0) is 37.0 Å². The molecule has 0 spiro atoms. The third kappa shape index (κ3) is 4.78. The Labute approximate surface area is 149 Å². The van der Waals surface area contributed by atoms with Crippen molar-refractivity contribution in [1.29, 1.82) is 0 Å². The molecule has 0 bridgehead atoms. The van der Waals surface area contributed by atoms with E-state index in [0.717, 1.165) is 31.5 Å². The topological polar surface area (TPSA) is 79.0 Å². The Morgan fingerprint density at radius 3 is 2.52 bits per heavy atom. The van der Waals surface area contributed by atoms with Crippen molar-refractivity contribution in [2.24, 2.45) is 0 Å². The van der Waals surface area contributed by atoms with E-state index in [4.69, 9.17) is 4.74 Å². The van der Waals surface area contributed by atoms with Gasteiger partial charge in [0.05, 0.1) is 13.2 Å². The quantitative estimate of drug-likeness (QED) is 0.841. The fourth-order valence-corrected chi connectivity index (χ4v) is 4.31. The summed E-state index contributed by atoms with van der Waals surface area (Å²) in [4.78, 5) is 14.4. The highest BCUT2D eigenvalue weighted by atomic mass is 32.2. The first kappa shape index (κ1) is 18.3. The van der Waals surface area contributed by atoms with Gasteiger partial charge >= 0.3 is 0 Å². The Kier molecular flexibility index (Phi) is 6.06. The second-order valence-corrected chi connectivity index (χ2v) is 8.15. The van der Waals surface area contributed by atoms with Gasteiger partial charge in [-0.1, -0.05) is 12.1 Å². The van der Waals surface area contributed by atoms with Crippen LogP contribution in [0.3, 0.4) is 0 Å². The zero-order valence-corrected chi connectivity index (χ0v) is 15.1. The van der Waals surface area contributed by atoms with E-state index in [0.29, 0.717) is 31.9 Å². The van der Waals surface area contributed by atoms with Gasteiger partial charge in [0, 0.05) is 38.3 Å². The number of morpholine rings is 1. The minimum atomic E-state index is -3.53. The molecule has 1 N–H and O–H groups in total. The molecule has 2 aliphatic rings. The number of piperidine rings is 1. The molecule has 0 aromatic heterocycles. The van der Waals surface area contributed by atoms with Crippen molar-refractivity contribution in [2.75, 3.05) is 39.4 Å². The van der Waals surface area contributed by atoms with Crippen LogP contribution in [0.4, 0.5) is 0 Å². The van der Waals surface area contributed by atoms with Crippen LogP contribution >= 0.6 is 0 Å². The van der Waals surface area contributed by atoms with Crippen LogP contribution in [0, 0.1) is 0 Å². The standard InChI is InChI=1S/C17H25N3O4S/c21-17(19-7-2-1-3-8-19)16-6-4-5-15(13-16)14-18-25(22,23)20-9-11-24-12-10-20/h4-6,13,18H,1-3,7-12,14H2. The van der Waals surface area contributed by atoms with Crippen LogP contribution in [0.25, 0.3) is 0 Å². The van der Waals surface area contributed by atoms with Gasteiger partial charge in [0.2, 0.25) is 0 Å². The summed E-state index contributed by atoms with van der Waals surface area (Å²) in [6.07, 6.45) is 3.27. The number of likely N-dealkylation sites (tertiary alicyclic amines) is 1. The van der Waals surface area contributed by atoms with Crippen molar-refractivity contribution in [2.45, 2.75) is 25.8 Å². The average Bonchev–Trinajstić information content (AvgIpc) is 2.67. The molecule has 3 rings (SSSR count). The second kappa shape index (κ2) is 8.27. The van der Waals surface area contributed by atoms with Gasteiger partial charge in [-0.25, -0.2) is 0 Å². The summed E-state index contributed by atoms with van der Waals surface area (Å²) in [6, 6.07) is 7.19. The number of rotatable bonds is 5. The number of ether oxygens (including phenoxy) is 1. The Hall–Kier alpha value is -1.48. The maximum absolute atomic E-state index is 12.6. The number of hydrogen-bond donors (Lipinski definition) is 1. The van der Waals surface area contributed by atoms with Gasteiger partial charge in [-0.2, -0.15) is 17.4 Å². The lowest BCUT2D eigenvalue weighted by atomic mass is 10.1. The molecule has 0 radical (unpaired) electrons. The van der Waals surface area contributed by atoms with Crippen LogP contribution in [0.15, 0.2) is 24.3 Å². The number of carbonyl (C=O) groups is 1. The third-order valence-corrected chi connectivity index (χ3v) is 6.14. The highest BCUT2D eigenvalue weighted by Crippen LogP contribution is 2.14. The number of benzene rings is 1. The zero-order valence-electron chi connectivity index (χ0n) is 14.3. The summed E-state index contributed by atoms with van der Waals surface area (Å²) >= 11 is 0. The SMILES string of the molecule is O=C(c1cccc(CNS(=O)(=O)N2CCOCC2)c1)N1CCCCC1. The van der Waals surface area contributed by atoms with Crippen molar-refractivity contribution >= 4 is 16.1 Å². The van der Waals surface area contributed by atoms with Gasteiger partial charge in [0.15, 0.2) is 0 Å². The van der Waals surface area contributed by atoms with Crippen molar-refractivity contribution in [3.63, 3.8) is 0 Å². The molecule has 1 aromatic carbocycles. The monoisotopic (exact) mass is 367 g/mol. The fraction of sp³-hybridized carbons (Fsp3) is 0.588. The Bertz CT molecular complexity index is 696. The number of amides is 1. The molecule has 0 aliphatic carbocycles. The summed E-state index contributed by atoms with van der Waals surface area (Å²) in [6.45, 7) is 3.33. The first-order chi connectivity index (χ1) is 12.1. The number of nitrogens with one attached hydrogen (secondary N) is 1. The molecule has 8 heteroatoms. The second-order valence-electron chi connectivity index (χ2n) is 6.39. The summed E-state index contributed by atoms with van der Waals surface area (Å²) in [5.74, 6) is 0.0255. The maximum atomic E-state index is 12.6. The van der Waals surface area contributed by atoms with E-state index in [1.54, 1.807) is 18.2 Å². The lowest BCUT2D eigenvalue weighted by molar-refractivity contribution is 0.0723. The van der Waals surface area contributed by atoms with Crippen molar-refractivity contribution in [3.05, 3.63) is 35.4 Å². The molecule has 2 saturated heterocycles. The lowest BCUT2D eigenvalue weighted by Gasteiger charge is -2.27. The van der Waals surface area contributed by atoms with Gasteiger partial charge < -0.3 is 9.64 Å². The van der Waals surface area contributed by atoms with Crippen molar-refractivity contribution in [1.82, 2.24) is 13.9 Å². The maximum Gasteiger partial charge on any atom is 0.279 e.